The molecule has 2 heterocycles. The fraction of sp³-hybridized carbons (Fsp3) is 0.682. The maximum Gasteiger partial charge on any atom is 0.193 e. The maximum absolute atomic E-state index is 6.35. The van der Waals surface area contributed by atoms with Gasteiger partial charge in [0.15, 0.2) is 17.5 Å². The van der Waals surface area contributed by atoms with E-state index in [1.165, 1.54) is 0 Å². The van der Waals surface area contributed by atoms with Gasteiger partial charge in [-0.2, -0.15) is 0 Å². The molecule has 0 amide bonds. The van der Waals surface area contributed by atoms with Gasteiger partial charge in [-0.25, -0.2) is 0 Å². The summed E-state index contributed by atoms with van der Waals surface area (Å²) in [5.74, 6) is 2.35. The van der Waals surface area contributed by atoms with Crippen LogP contribution in [0.2, 0.25) is 5.02 Å². The second-order valence-electron chi connectivity index (χ2n) is 7.49. The van der Waals surface area contributed by atoms with Gasteiger partial charge in [0, 0.05) is 46.5 Å². The second kappa shape index (κ2) is 14.2. The first-order valence-electron chi connectivity index (χ1n) is 10.9. The highest BCUT2D eigenvalue weighted by molar-refractivity contribution is 14.0. The molecule has 0 spiro atoms. The first-order chi connectivity index (χ1) is 14.7. The van der Waals surface area contributed by atoms with Crippen molar-refractivity contribution in [3.63, 3.8) is 0 Å². The number of hydrogen-bond donors (Lipinski definition) is 1. The van der Waals surface area contributed by atoms with Crippen LogP contribution in [0, 0.1) is 0 Å². The molecule has 1 fully saturated rings. The van der Waals surface area contributed by atoms with E-state index in [9.17, 15) is 0 Å². The number of piperidine rings is 1. The van der Waals surface area contributed by atoms with Gasteiger partial charge in [-0.15, -0.1) is 24.0 Å². The normalized spacial score (nSPS) is 16.7. The van der Waals surface area contributed by atoms with Gasteiger partial charge in [-0.1, -0.05) is 11.6 Å². The Labute approximate surface area is 207 Å². The Bertz CT molecular complexity index is 700. The molecule has 3 rings (SSSR count). The highest BCUT2D eigenvalue weighted by Gasteiger charge is 2.22. The number of methoxy groups -OCH3 is 1. The van der Waals surface area contributed by atoms with E-state index in [1.807, 2.05) is 12.1 Å². The monoisotopic (exact) mass is 567 g/mol. The molecule has 0 saturated carbocycles. The Morgan fingerprint density at radius 3 is 2.74 bits per heavy atom. The summed E-state index contributed by atoms with van der Waals surface area (Å²) in [5.41, 5.74) is 1.10. The molecular formula is C22H35ClIN3O4. The van der Waals surface area contributed by atoms with Crippen molar-refractivity contribution in [3.05, 3.63) is 22.7 Å². The van der Waals surface area contributed by atoms with Gasteiger partial charge in [0.05, 0.1) is 11.1 Å². The van der Waals surface area contributed by atoms with Crippen LogP contribution in [0.4, 0.5) is 0 Å². The number of benzene rings is 1. The third-order valence-corrected chi connectivity index (χ3v) is 5.52. The molecule has 176 valence electrons. The van der Waals surface area contributed by atoms with Crippen LogP contribution in [0.15, 0.2) is 17.1 Å². The van der Waals surface area contributed by atoms with Crippen molar-refractivity contribution in [1.29, 1.82) is 0 Å². The first-order valence-corrected chi connectivity index (χ1v) is 11.3. The average Bonchev–Trinajstić information content (AvgIpc) is 2.77. The molecular weight excluding hydrogens is 533 g/mol. The van der Waals surface area contributed by atoms with Gasteiger partial charge < -0.3 is 29.2 Å². The minimum Gasteiger partial charge on any atom is -0.486 e. The van der Waals surface area contributed by atoms with Gasteiger partial charge in [-0.3, -0.25) is 4.99 Å². The van der Waals surface area contributed by atoms with Crippen LogP contribution in [-0.2, 0) is 15.9 Å². The molecule has 2 aliphatic heterocycles. The topological polar surface area (TPSA) is 64.6 Å². The van der Waals surface area contributed by atoms with Crippen LogP contribution >= 0.6 is 35.6 Å². The SMILES string of the molecule is CCNC(=NCCc1cc(Cl)c2c(c1)OCCO2)N1CCC(OCCCOC)CC1.I. The summed E-state index contributed by atoms with van der Waals surface area (Å²) in [7, 11) is 1.72. The number of hydrogen-bond acceptors (Lipinski definition) is 5. The van der Waals surface area contributed by atoms with Gasteiger partial charge in [0.2, 0.25) is 0 Å². The van der Waals surface area contributed by atoms with Crippen molar-refractivity contribution in [2.75, 3.05) is 59.7 Å². The standard InChI is InChI=1S/C22H34ClN3O4.HI/c1-3-24-22(26-9-6-18(7-10-26)28-12-4-11-27-2)25-8-5-17-15-19(23)21-20(16-17)29-13-14-30-21;/h15-16,18H,3-14H2,1-2H3,(H,24,25);1H. The molecule has 1 saturated heterocycles. The molecule has 0 radical (unpaired) electrons. The number of likely N-dealkylation sites (tertiary alicyclic amines) is 1. The fourth-order valence-electron chi connectivity index (χ4n) is 3.71. The number of nitrogens with zero attached hydrogens (tertiary/aromatic N) is 2. The summed E-state index contributed by atoms with van der Waals surface area (Å²) >= 11 is 6.35. The fourth-order valence-corrected chi connectivity index (χ4v) is 4.00. The summed E-state index contributed by atoms with van der Waals surface area (Å²) in [6, 6.07) is 3.96. The number of rotatable bonds is 9. The molecule has 0 atom stereocenters. The molecule has 0 aromatic heterocycles. The van der Waals surface area contributed by atoms with Crippen LogP contribution in [0.3, 0.4) is 0 Å². The van der Waals surface area contributed by atoms with Crippen LogP contribution in [0.25, 0.3) is 0 Å². The van der Waals surface area contributed by atoms with Crippen LogP contribution in [-0.4, -0.2) is 76.7 Å². The summed E-state index contributed by atoms with van der Waals surface area (Å²) in [6.45, 7) is 8.16. The van der Waals surface area contributed by atoms with Crippen LogP contribution in [0.1, 0.15) is 31.7 Å². The van der Waals surface area contributed by atoms with Gasteiger partial charge in [0.25, 0.3) is 0 Å². The number of aliphatic imine (C=N–C) groups is 1. The van der Waals surface area contributed by atoms with E-state index in [0.717, 1.165) is 75.8 Å². The van der Waals surface area contributed by atoms with Crippen molar-refractivity contribution in [2.24, 2.45) is 4.99 Å². The van der Waals surface area contributed by atoms with Crippen molar-refractivity contribution in [2.45, 2.75) is 38.7 Å². The van der Waals surface area contributed by atoms with Gasteiger partial charge in [-0.05, 0) is 50.3 Å². The molecule has 0 bridgehead atoms. The minimum absolute atomic E-state index is 0. The molecule has 7 nitrogen and oxygen atoms in total. The Kier molecular flexibility index (Phi) is 12.1. The molecule has 2 aliphatic rings. The number of ether oxygens (including phenoxy) is 4. The highest BCUT2D eigenvalue weighted by Crippen LogP contribution is 2.38. The lowest BCUT2D eigenvalue weighted by molar-refractivity contribution is 0.00991. The quantitative estimate of drug-likeness (QED) is 0.212. The van der Waals surface area contributed by atoms with E-state index >= 15 is 0 Å². The van der Waals surface area contributed by atoms with E-state index in [0.29, 0.717) is 36.6 Å². The zero-order chi connectivity index (χ0) is 21.2. The lowest BCUT2D eigenvalue weighted by Crippen LogP contribution is -2.47. The number of guanidine groups is 1. The second-order valence-corrected chi connectivity index (χ2v) is 7.90. The number of fused-ring (bicyclic) bond motifs is 1. The van der Waals surface area contributed by atoms with Crippen molar-refractivity contribution in [3.8, 4) is 11.5 Å². The van der Waals surface area contributed by atoms with Crippen molar-refractivity contribution in [1.82, 2.24) is 10.2 Å². The Morgan fingerprint density at radius 1 is 1.23 bits per heavy atom. The number of nitrogens with one attached hydrogen (secondary N) is 1. The predicted molar refractivity (Wildman–Crippen MR) is 135 cm³/mol. The lowest BCUT2D eigenvalue weighted by atomic mass is 10.1. The number of halogens is 2. The lowest BCUT2D eigenvalue weighted by Gasteiger charge is -2.34. The van der Waals surface area contributed by atoms with E-state index in [4.69, 9.17) is 35.5 Å². The largest absolute Gasteiger partial charge is 0.486 e. The zero-order valence-corrected chi connectivity index (χ0v) is 21.6. The first kappa shape index (κ1) is 26.3. The van der Waals surface area contributed by atoms with Crippen molar-refractivity contribution < 1.29 is 18.9 Å². The highest BCUT2D eigenvalue weighted by atomic mass is 127. The Morgan fingerprint density at radius 2 is 2.00 bits per heavy atom. The molecule has 0 aliphatic carbocycles. The maximum atomic E-state index is 6.35. The van der Waals surface area contributed by atoms with E-state index in [1.54, 1.807) is 7.11 Å². The van der Waals surface area contributed by atoms with Crippen LogP contribution in [0.5, 0.6) is 11.5 Å². The van der Waals surface area contributed by atoms with E-state index in [-0.39, 0.29) is 24.0 Å². The average molecular weight is 568 g/mol. The summed E-state index contributed by atoms with van der Waals surface area (Å²) in [5, 5.41) is 4.02. The Hall–Kier alpha value is -0.970. The Balaban J connectivity index is 0.00000341. The van der Waals surface area contributed by atoms with Gasteiger partial charge in [0.1, 0.15) is 13.2 Å². The molecule has 1 aromatic carbocycles. The summed E-state index contributed by atoms with van der Waals surface area (Å²) in [6.07, 6.45) is 4.13. The molecule has 31 heavy (non-hydrogen) atoms. The summed E-state index contributed by atoms with van der Waals surface area (Å²) < 4.78 is 22.3. The smallest absolute Gasteiger partial charge is 0.193 e. The van der Waals surface area contributed by atoms with Gasteiger partial charge >= 0.3 is 0 Å². The predicted octanol–water partition coefficient (Wildman–Crippen LogP) is 3.75. The zero-order valence-electron chi connectivity index (χ0n) is 18.5. The minimum atomic E-state index is 0. The van der Waals surface area contributed by atoms with E-state index in [2.05, 4.69) is 17.1 Å². The molecule has 9 heteroatoms. The molecule has 0 unspecified atom stereocenters. The summed E-state index contributed by atoms with van der Waals surface area (Å²) in [4.78, 5) is 7.17. The third-order valence-electron chi connectivity index (χ3n) is 5.24. The van der Waals surface area contributed by atoms with Crippen LogP contribution < -0.4 is 14.8 Å². The van der Waals surface area contributed by atoms with Crippen molar-refractivity contribution >= 4 is 41.5 Å². The van der Waals surface area contributed by atoms with E-state index < -0.39 is 0 Å². The molecule has 1 N–H and O–H groups in total. The third kappa shape index (κ3) is 8.14. The molecule has 1 aromatic rings.